The maximum absolute atomic E-state index is 12.6. The Labute approximate surface area is 362 Å². The van der Waals surface area contributed by atoms with E-state index in [-0.39, 0.29) is 32.0 Å². The average Bonchev–Trinajstić information content (AvgIpc) is 3.22. The quantitative estimate of drug-likeness (QED) is 0.0279. The number of phosphoric acid groups is 1. The highest BCUT2D eigenvalue weighted by Gasteiger charge is 2.25. The zero-order valence-electron chi connectivity index (χ0n) is 38.1. The van der Waals surface area contributed by atoms with Gasteiger partial charge in [0.25, 0.3) is 0 Å². The minimum atomic E-state index is -4.30. The van der Waals surface area contributed by atoms with Gasteiger partial charge in [0, 0.05) is 12.8 Å². The molecule has 2 atom stereocenters. The van der Waals surface area contributed by atoms with Crippen LogP contribution < -0.4 is 0 Å². The SMILES string of the molecule is CC/C=C\C/C=C\C/C=C\C/C=C\C/C=C\CCCC(=O)OC(COC(=O)CCCCCCCCCCCCCCCCCCCCCCCC)COP(=O)(O)OCC. The highest BCUT2D eigenvalue weighted by molar-refractivity contribution is 7.47. The molecular weight excluding hydrogens is 760 g/mol. The number of phosphoric ester groups is 1. The predicted molar refractivity (Wildman–Crippen MR) is 248 cm³/mol. The van der Waals surface area contributed by atoms with Gasteiger partial charge in [-0.05, 0) is 58.3 Å². The fourth-order valence-corrected chi connectivity index (χ4v) is 7.36. The van der Waals surface area contributed by atoms with Crippen LogP contribution in [0.5, 0.6) is 0 Å². The summed E-state index contributed by atoms with van der Waals surface area (Å²) in [7, 11) is -4.30. The Kier molecular flexibility index (Phi) is 43.6. The monoisotopic (exact) mass is 849 g/mol. The van der Waals surface area contributed by atoms with Crippen molar-refractivity contribution in [2.45, 2.75) is 226 Å². The van der Waals surface area contributed by atoms with E-state index in [2.05, 4.69) is 68.5 Å². The number of esters is 2. The van der Waals surface area contributed by atoms with Crippen molar-refractivity contribution in [1.29, 1.82) is 0 Å². The third-order valence-electron chi connectivity index (χ3n) is 10.1. The summed E-state index contributed by atoms with van der Waals surface area (Å²) in [5.41, 5.74) is 0. The molecule has 8 nitrogen and oxygen atoms in total. The normalized spacial score (nSPS) is 13.8. The van der Waals surface area contributed by atoms with Crippen LogP contribution in [0, 0.1) is 0 Å². The first-order valence-corrected chi connectivity index (χ1v) is 25.6. The van der Waals surface area contributed by atoms with Crippen molar-refractivity contribution in [3.63, 3.8) is 0 Å². The minimum Gasteiger partial charge on any atom is -0.462 e. The van der Waals surface area contributed by atoms with Crippen LogP contribution in [0.1, 0.15) is 220 Å². The summed E-state index contributed by atoms with van der Waals surface area (Å²) in [4.78, 5) is 34.8. The number of hydrogen-bond acceptors (Lipinski definition) is 7. The number of carbonyl (C=O) groups excluding carboxylic acids is 2. The van der Waals surface area contributed by atoms with E-state index in [1.807, 2.05) is 6.08 Å². The van der Waals surface area contributed by atoms with Gasteiger partial charge in [-0.1, -0.05) is 209 Å². The smallest absolute Gasteiger partial charge is 0.462 e. The summed E-state index contributed by atoms with van der Waals surface area (Å²) < 4.78 is 32.7. The van der Waals surface area contributed by atoms with Crippen LogP contribution in [-0.4, -0.2) is 42.8 Å². The van der Waals surface area contributed by atoms with E-state index >= 15 is 0 Å². The summed E-state index contributed by atoms with van der Waals surface area (Å²) in [5.74, 6) is -0.861. The zero-order chi connectivity index (χ0) is 43.2. The van der Waals surface area contributed by atoms with E-state index in [4.69, 9.17) is 18.5 Å². The first kappa shape index (κ1) is 56.8. The van der Waals surface area contributed by atoms with Gasteiger partial charge in [-0.3, -0.25) is 18.6 Å². The minimum absolute atomic E-state index is 0.0114. The van der Waals surface area contributed by atoms with Crippen LogP contribution in [0.2, 0.25) is 0 Å². The van der Waals surface area contributed by atoms with Crippen LogP contribution in [0.25, 0.3) is 0 Å². The van der Waals surface area contributed by atoms with Gasteiger partial charge in [0.05, 0.1) is 13.2 Å². The van der Waals surface area contributed by atoms with Crippen LogP contribution in [0.3, 0.4) is 0 Å². The van der Waals surface area contributed by atoms with Crippen LogP contribution >= 0.6 is 7.82 Å². The van der Waals surface area contributed by atoms with Crippen molar-refractivity contribution in [2.24, 2.45) is 0 Å². The molecule has 0 spiro atoms. The Hall–Kier alpha value is -2.25. The lowest BCUT2D eigenvalue weighted by Gasteiger charge is -2.19. The molecule has 0 aliphatic rings. The maximum Gasteiger partial charge on any atom is 0.472 e. The molecule has 342 valence electrons. The summed E-state index contributed by atoms with van der Waals surface area (Å²) in [6.45, 7) is 5.32. The molecule has 9 heteroatoms. The van der Waals surface area contributed by atoms with Crippen molar-refractivity contribution < 1.29 is 37.6 Å². The van der Waals surface area contributed by atoms with Gasteiger partial charge >= 0.3 is 19.8 Å². The third-order valence-corrected chi connectivity index (χ3v) is 11.1. The fraction of sp³-hybridized carbons (Fsp3) is 0.760. The summed E-state index contributed by atoms with van der Waals surface area (Å²) in [5, 5.41) is 0. The molecule has 1 N–H and O–H groups in total. The number of unbranched alkanes of at least 4 members (excludes halogenated alkanes) is 22. The first-order valence-electron chi connectivity index (χ1n) is 24.1. The number of hydrogen-bond donors (Lipinski definition) is 1. The molecule has 0 aliphatic carbocycles. The Morgan fingerprint density at radius 1 is 0.475 bits per heavy atom. The van der Waals surface area contributed by atoms with E-state index in [1.165, 1.54) is 122 Å². The van der Waals surface area contributed by atoms with Crippen molar-refractivity contribution >= 4 is 19.8 Å². The van der Waals surface area contributed by atoms with Crippen LogP contribution in [-0.2, 0) is 32.7 Å². The Balaban J connectivity index is 4.05. The number of carbonyl (C=O) groups is 2. The second-order valence-electron chi connectivity index (χ2n) is 15.8. The van der Waals surface area contributed by atoms with Gasteiger partial charge in [-0.15, -0.1) is 0 Å². The second kappa shape index (κ2) is 45.3. The highest BCUT2D eigenvalue weighted by atomic mass is 31.2. The first-order chi connectivity index (χ1) is 28.8. The molecule has 0 saturated carbocycles. The fourth-order valence-electron chi connectivity index (χ4n) is 6.61. The Morgan fingerprint density at radius 2 is 0.864 bits per heavy atom. The molecule has 0 bridgehead atoms. The van der Waals surface area contributed by atoms with Crippen LogP contribution in [0.15, 0.2) is 60.8 Å². The van der Waals surface area contributed by atoms with Crippen molar-refractivity contribution in [3.8, 4) is 0 Å². The molecule has 0 heterocycles. The molecule has 0 aromatic heterocycles. The molecule has 59 heavy (non-hydrogen) atoms. The van der Waals surface area contributed by atoms with E-state index in [0.29, 0.717) is 12.8 Å². The number of rotatable bonds is 44. The molecule has 0 rings (SSSR count). The Morgan fingerprint density at radius 3 is 1.29 bits per heavy atom. The van der Waals surface area contributed by atoms with E-state index in [0.717, 1.165) is 51.4 Å². The molecule has 2 unspecified atom stereocenters. The molecule has 0 aliphatic heterocycles. The maximum atomic E-state index is 12.6. The highest BCUT2D eigenvalue weighted by Crippen LogP contribution is 2.43. The van der Waals surface area contributed by atoms with Crippen LogP contribution in [0.4, 0.5) is 0 Å². The number of allylic oxidation sites excluding steroid dienone is 10. The van der Waals surface area contributed by atoms with Crippen molar-refractivity contribution in [3.05, 3.63) is 60.8 Å². The van der Waals surface area contributed by atoms with Gasteiger partial charge in [0.15, 0.2) is 6.10 Å². The topological polar surface area (TPSA) is 108 Å². The zero-order valence-corrected chi connectivity index (χ0v) is 39.0. The molecule has 0 radical (unpaired) electrons. The average molecular weight is 849 g/mol. The number of ether oxygens (including phenoxy) is 2. The molecular formula is C50H89O8P. The van der Waals surface area contributed by atoms with Gasteiger partial charge in [0.2, 0.25) is 0 Å². The Bertz CT molecular complexity index is 1140. The lowest BCUT2D eigenvalue weighted by Crippen LogP contribution is -2.29. The summed E-state index contributed by atoms with van der Waals surface area (Å²) in [6, 6.07) is 0. The third kappa shape index (κ3) is 45.1. The molecule has 0 aromatic rings. The predicted octanol–water partition coefficient (Wildman–Crippen LogP) is 15.5. The lowest BCUT2D eigenvalue weighted by molar-refractivity contribution is -0.161. The summed E-state index contributed by atoms with van der Waals surface area (Å²) in [6.07, 6.45) is 55.8. The van der Waals surface area contributed by atoms with Gasteiger partial charge in [-0.25, -0.2) is 4.57 Å². The van der Waals surface area contributed by atoms with Crippen molar-refractivity contribution in [1.82, 2.24) is 0 Å². The molecule has 0 amide bonds. The largest absolute Gasteiger partial charge is 0.472 e. The van der Waals surface area contributed by atoms with Gasteiger partial charge in [0.1, 0.15) is 6.61 Å². The second-order valence-corrected chi connectivity index (χ2v) is 17.2. The van der Waals surface area contributed by atoms with E-state index < -0.39 is 26.5 Å². The van der Waals surface area contributed by atoms with Crippen molar-refractivity contribution in [2.75, 3.05) is 19.8 Å². The lowest BCUT2D eigenvalue weighted by atomic mass is 10.0. The van der Waals surface area contributed by atoms with E-state index in [1.54, 1.807) is 6.92 Å². The molecule has 0 aromatic carbocycles. The van der Waals surface area contributed by atoms with E-state index in [9.17, 15) is 19.0 Å². The molecule has 0 saturated heterocycles. The standard InChI is InChI=1S/C50H89O8P/c1-4-7-9-11-13-15-17-19-21-23-24-25-26-27-29-30-32-34-36-38-40-42-44-49(51)55-46-48(47-57-59(53,54)56-6-3)58-50(52)45-43-41-39-37-35-33-31-28-22-20-18-16-14-12-10-8-5-2/h8,10,14,16,20,22,31,33,37,39,48H,4-7,9,11-13,15,17-19,21,23-30,32,34-36,38,40-47H2,1-3H3,(H,53,54)/b10-8-,16-14-,22-20-,33-31-,39-37-. The molecule has 0 fully saturated rings. The van der Waals surface area contributed by atoms with Gasteiger partial charge in [-0.2, -0.15) is 0 Å². The van der Waals surface area contributed by atoms with Gasteiger partial charge < -0.3 is 14.4 Å². The summed E-state index contributed by atoms with van der Waals surface area (Å²) >= 11 is 0.